The molecule has 0 amide bonds. The zero-order valence-corrected chi connectivity index (χ0v) is 9.97. The van der Waals surface area contributed by atoms with Crippen molar-refractivity contribution in [2.75, 3.05) is 6.61 Å². The van der Waals surface area contributed by atoms with Gasteiger partial charge in [0.2, 0.25) is 0 Å². The minimum absolute atomic E-state index is 0.183. The maximum atomic E-state index is 5.60. The first kappa shape index (κ1) is 12.1. The van der Waals surface area contributed by atoms with E-state index in [1.165, 1.54) is 5.56 Å². The highest BCUT2D eigenvalue weighted by atomic mass is 16.6. The molecule has 3 heteroatoms. The molecular formula is C14H18NO2. The third-order valence-corrected chi connectivity index (χ3v) is 2.78. The summed E-state index contributed by atoms with van der Waals surface area (Å²) in [7, 11) is 0. The molecule has 0 saturated heterocycles. The van der Waals surface area contributed by atoms with Crippen LogP contribution in [-0.2, 0) is 16.2 Å². The lowest BCUT2D eigenvalue weighted by Gasteiger charge is -2.08. The third kappa shape index (κ3) is 3.86. The Morgan fingerprint density at radius 2 is 2.18 bits per heavy atom. The smallest absolute Gasteiger partial charge is 0.135 e. The molecule has 2 rings (SSSR count). The average Bonchev–Trinajstić information content (AvgIpc) is 2.84. The van der Waals surface area contributed by atoms with Gasteiger partial charge < -0.3 is 9.57 Å². The van der Waals surface area contributed by atoms with Gasteiger partial charge >= 0.3 is 0 Å². The Labute approximate surface area is 102 Å². The highest BCUT2D eigenvalue weighted by Gasteiger charge is 2.19. The molecule has 0 fully saturated rings. The number of benzene rings is 1. The monoisotopic (exact) mass is 232 g/mol. The summed E-state index contributed by atoms with van der Waals surface area (Å²) in [5.41, 5.74) is 2.26. The molecule has 17 heavy (non-hydrogen) atoms. The van der Waals surface area contributed by atoms with E-state index in [1.807, 2.05) is 18.2 Å². The molecule has 0 saturated carbocycles. The van der Waals surface area contributed by atoms with Crippen LogP contribution in [0.3, 0.4) is 0 Å². The van der Waals surface area contributed by atoms with E-state index in [2.05, 4.69) is 24.2 Å². The molecule has 0 N–H and O–H groups in total. The van der Waals surface area contributed by atoms with Gasteiger partial charge in [-0.25, -0.2) is 0 Å². The van der Waals surface area contributed by atoms with Crippen LogP contribution in [-0.4, -0.2) is 18.4 Å². The van der Waals surface area contributed by atoms with Crippen molar-refractivity contribution in [2.45, 2.75) is 32.0 Å². The van der Waals surface area contributed by atoms with Gasteiger partial charge in [0.1, 0.15) is 6.10 Å². The Kier molecular flexibility index (Phi) is 4.56. The topological polar surface area (TPSA) is 30.8 Å². The van der Waals surface area contributed by atoms with Crippen molar-refractivity contribution in [2.24, 2.45) is 5.16 Å². The van der Waals surface area contributed by atoms with Gasteiger partial charge in [-0.3, -0.25) is 0 Å². The second-order valence-electron chi connectivity index (χ2n) is 4.17. The van der Waals surface area contributed by atoms with Crippen molar-refractivity contribution in [3.8, 4) is 0 Å². The molecule has 3 nitrogen and oxygen atoms in total. The molecule has 1 unspecified atom stereocenters. The van der Waals surface area contributed by atoms with E-state index in [9.17, 15) is 0 Å². The molecule has 1 aliphatic heterocycles. The standard InChI is InChI=1S/C14H18NO2/c1-2-13-10-14(17-15-13)8-9-16-11-12-6-4-3-5-7-12/h3-7,14H,1-2,8-11H2. The van der Waals surface area contributed by atoms with E-state index >= 15 is 0 Å². The van der Waals surface area contributed by atoms with Crippen LogP contribution in [0.1, 0.15) is 24.8 Å². The lowest BCUT2D eigenvalue weighted by Crippen LogP contribution is -2.11. The predicted molar refractivity (Wildman–Crippen MR) is 67.6 cm³/mol. The molecule has 0 spiro atoms. The molecule has 0 aromatic heterocycles. The summed E-state index contributed by atoms with van der Waals surface area (Å²) in [6.07, 6.45) is 2.71. The Bertz CT molecular complexity index is 362. The van der Waals surface area contributed by atoms with Gasteiger partial charge in [-0.15, -0.1) is 0 Å². The first-order valence-electron chi connectivity index (χ1n) is 6.01. The van der Waals surface area contributed by atoms with Crippen LogP contribution >= 0.6 is 0 Å². The first-order valence-corrected chi connectivity index (χ1v) is 6.01. The predicted octanol–water partition coefficient (Wildman–Crippen LogP) is 2.96. The Morgan fingerprint density at radius 3 is 2.88 bits per heavy atom. The van der Waals surface area contributed by atoms with Gasteiger partial charge in [0.05, 0.1) is 18.9 Å². The fourth-order valence-corrected chi connectivity index (χ4v) is 1.77. The van der Waals surface area contributed by atoms with Gasteiger partial charge in [0.15, 0.2) is 0 Å². The van der Waals surface area contributed by atoms with E-state index in [-0.39, 0.29) is 6.10 Å². The number of hydrogen-bond donors (Lipinski definition) is 0. The second-order valence-corrected chi connectivity index (χ2v) is 4.17. The van der Waals surface area contributed by atoms with Gasteiger partial charge in [-0.2, -0.15) is 0 Å². The van der Waals surface area contributed by atoms with Gasteiger partial charge in [-0.05, 0) is 18.9 Å². The van der Waals surface area contributed by atoms with Crippen LogP contribution in [0.15, 0.2) is 35.5 Å². The molecule has 1 aromatic carbocycles. The van der Waals surface area contributed by atoms with Gasteiger partial charge in [-0.1, -0.05) is 35.5 Å². The van der Waals surface area contributed by atoms with Gasteiger partial charge in [0.25, 0.3) is 0 Å². The van der Waals surface area contributed by atoms with Crippen LogP contribution in [0.2, 0.25) is 0 Å². The Balaban J connectivity index is 1.59. The van der Waals surface area contributed by atoms with E-state index in [0.717, 1.165) is 25.0 Å². The zero-order chi connectivity index (χ0) is 11.9. The van der Waals surface area contributed by atoms with E-state index in [1.54, 1.807) is 0 Å². The van der Waals surface area contributed by atoms with E-state index in [4.69, 9.17) is 9.57 Å². The van der Waals surface area contributed by atoms with Crippen LogP contribution in [0.5, 0.6) is 0 Å². The maximum absolute atomic E-state index is 5.60. The molecule has 1 aliphatic rings. The SMILES string of the molecule is [CH2]CC1=NOC(CCOCc2ccccc2)C1. The fourth-order valence-electron chi connectivity index (χ4n) is 1.77. The van der Waals surface area contributed by atoms with Crippen molar-refractivity contribution < 1.29 is 9.57 Å². The van der Waals surface area contributed by atoms with Crippen molar-refractivity contribution in [3.63, 3.8) is 0 Å². The maximum Gasteiger partial charge on any atom is 0.135 e. The minimum atomic E-state index is 0.183. The van der Waals surface area contributed by atoms with Crippen LogP contribution < -0.4 is 0 Å². The molecular weight excluding hydrogens is 214 g/mol. The Morgan fingerprint density at radius 1 is 1.35 bits per heavy atom. The summed E-state index contributed by atoms with van der Waals surface area (Å²) >= 11 is 0. The number of rotatable bonds is 6. The molecule has 1 radical (unpaired) electrons. The third-order valence-electron chi connectivity index (χ3n) is 2.78. The van der Waals surface area contributed by atoms with Crippen molar-refractivity contribution in [1.29, 1.82) is 0 Å². The number of oxime groups is 1. The van der Waals surface area contributed by atoms with Gasteiger partial charge in [0, 0.05) is 12.8 Å². The van der Waals surface area contributed by atoms with E-state index < -0.39 is 0 Å². The number of nitrogens with zero attached hydrogens (tertiary/aromatic N) is 1. The molecule has 0 bridgehead atoms. The van der Waals surface area contributed by atoms with Crippen molar-refractivity contribution in [3.05, 3.63) is 42.8 Å². The summed E-state index contributed by atoms with van der Waals surface area (Å²) in [5, 5.41) is 3.97. The average molecular weight is 232 g/mol. The van der Waals surface area contributed by atoms with Crippen LogP contribution in [0, 0.1) is 6.92 Å². The van der Waals surface area contributed by atoms with Crippen LogP contribution in [0.4, 0.5) is 0 Å². The molecule has 1 heterocycles. The summed E-state index contributed by atoms with van der Waals surface area (Å²) < 4.78 is 5.60. The lowest BCUT2D eigenvalue weighted by atomic mass is 10.1. The normalized spacial score (nSPS) is 18.9. The second kappa shape index (κ2) is 6.40. The summed E-state index contributed by atoms with van der Waals surface area (Å²) in [6.45, 7) is 5.17. The van der Waals surface area contributed by atoms with Crippen LogP contribution in [0.25, 0.3) is 0 Å². The fraction of sp³-hybridized carbons (Fsp3) is 0.429. The zero-order valence-electron chi connectivity index (χ0n) is 9.97. The van der Waals surface area contributed by atoms with Crippen molar-refractivity contribution >= 4 is 5.71 Å². The van der Waals surface area contributed by atoms with E-state index in [0.29, 0.717) is 13.2 Å². The highest BCUT2D eigenvalue weighted by molar-refractivity contribution is 5.85. The number of hydrogen-bond acceptors (Lipinski definition) is 3. The Hall–Kier alpha value is -1.35. The minimum Gasteiger partial charge on any atom is -0.392 e. The summed E-state index contributed by atoms with van der Waals surface area (Å²) in [5.74, 6) is 0. The molecule has 1 aromatic rings. The molecule has 1 atom stereocenters. The summed E-state index contributed by atoms with van der Waals surface area (Å²) in [6, 6.07) is 10.2. The molecule has 91 valence electrons. The first-order chi connectivity index (χ1) is 8.38. The quantitative estimate of drug-likeness (QED) is 0.706. The number of ether oxygens (including phenoxy) is 1. The lowest BCUT2D eigenvalue weighted by molar-refractivity contribution is 0.0391. The van der Waals surface area contributed by atoms with Crippen molar-refractivity contribution in [1.82, 2.24) is 0 Å². The molecule has 0 aliphatic carbocycles. The largest absolute Gasteiger partial charge is 0.392 e. The summed E-state index contributed by atoms with van der Waals surface area (Å²) in [4.78, 5) is 5.28. The highest BCUT2D eigenvalue weighted by Crippen LogP contribution is 2.15.